The van der Waals surface area contributed by atoms with Crippen molar-refractivity contribution in [3.63, 3.8) is 0 Å². The van der Waals surface area contributed by atoms with Gasteiger partial charge in [-0.3, -0.25) is 9.59 Å². The predicted molar refractivity (Wildman–Crippen MR) is 165 cm³/mol. The summed E-state index contributed by atoms with van der Waals surface area (Å²) in [6.07, 6.45) is 0. The molecule has 0 aromatic heterocycles. The fourth-order valence-electron chi connectivity index (χ4n) is 3.30. The number of halogens is 2. The minimum atomic E-state index is -0.596. The fraction of sp³-hybridized carbons (Fsp3) is 0.533. The molecule has 0 aliphatic carbocycles. The molecule has 0 bridgehead atoms. The van der Waals surface area contributed by atoms with Crippen LogP contribution in [-0.2, 0) is 28.4 Å². The third kappa shape index (κ3) is 16.7. The van der Waals surface area contributed by atoms with Crippen molar-refractivity contribution >= 4 is 43.4 Å². The van der Waals surface area contributed by atoms with Crippen molar-refractivity contribution in [3.05, 3.63) is 59.7 Å². The lowest BCUT2D eigenvalue weighted by Crippen LogP contribution is -2.15. The first-order valence-corrected chi connectivity index (χ1v) is 16.0. The summed E-state index contributed by atoms with van der Waals surface area (Å²) in [6, 6.07) is 12.9. The number of ether oxygens (including phenoxy) is 8. The summed E-state index contributed by atoms with van der Waals surface area (Å²) < 4.78 is 43.6. The Morgan fingerprint density at radius 3 is 0.952 bits per heavy atom. The molecule has 12 heteroatoms. The molecular formula is C30H40Br2O10. The highest BCUT2D eigenvalue weighted by molar-refractivity contribution is 9.09. The molecule has 0 unspecified atom stereocenters. The van der Waals surface area contributed by atoms with Crippen molar-refractivity contribution in [3.8, 4) is 11.5 Å². The summed E-state index contributed by atoms with van der Waals surface area (Å²) in [5.74, 6) is -0.0320. The molecule has 0 spiro atoms. The molecule has 2 aromatic carbocycles. The molecule has 0 saturated carbocycles. The maximum atomic E-state index is 12.7. The normalized spacial score (nSPS) is 11.0. The lowest BCUT2D eigenvalue weighted by atomic mass is 10.0. The minimum Gasteiger partial charge on any atom is -0.491 e. The van der Waals surface area contributed by atoms with Crippen LogP contribution in [0.4, 0.5) is 0 Å². The molecule has 0 aliphatic rings. The predicted octanol–water partition coefficient (Wildman–Crippen LogP) is 4.40. The van der Waals surface area contributed by atoms with Crippen LogP contribution in [0, 0.1) is 0 Å². The van der Waals surface area contributed by atoms with Crippen molar-refractivity contribution in [2.75, 3.05) is 103 Å². The molecule has 0 atom stereocenters. The Kier molecular flexibility index (Phi) is 21.2. The summed E-state index contributed by atoms with van der Waals surface area (Å²) in [7, 11) is 0. The molecule has 0 N–H and O–H groups in total. The summed E-state index contributed by atoms with van der Waals surface area (Å²) in [4.78, 5) is 25.4. The third-order valence-corrected chi connectivity index (χ3v) is 6.01. The maximum absolute atomic E-state index is 12.7. The molecule has 42 heavy (non-hydrogen) atoms. The lowest BCUT2D eigenvalue weighted by molar-refractivity contribution is 0.0118. The number of benzene rings is 2. The van der Waals surface area contributed by atoms with E-state index in [1.165, 1.54) is 0 Å². The Hall–Kier alpha value is -1.90. The zero-order chi connectivity index (χ0) is 30.1. The van der Waals surface area contributed by atoms with Gasteiger partial charge in [0.1, 0.15) is 24.7 Å². The number of hydrogen-bond donors (Lipinski definition) is 0. The highest BCUT2D eigenvalue weighted by Crippen LogP contribution is 2.17. The Morgan fingerprint density at radius 1 is 0.405 bits per heavy atom. The molecule has 0 fully saturated rings. The van der Waals surface area contributed by atoms with Gasteiger partial charge in [0.15, 0.2) is 0 Å². The van der Waals surface area contributed by atoms with Gasteiger partial charge in [0.25, 0.3) is 0 Å². The van der Waals surface area contributed by atoms with Crippen LogP contribution in [0.25, 0.3) is 0 Å². The highest BCUT2D eigenvalue weighted by Gasteiger charge is 2.18. The van der Waals surface area contributed by atoms with Gasteiger partial charge in [0.05, 0.1) is 79.3 Å². The first-order chi connectivity index (χ1) is 20.7. The van der Waals surface area contributed by atoms with Gasteiger partial charge >= 0.3 is 0 Å². The van der Waals surface area contributed by atoms with Crippen LogP contribution < -0.4 is 9.47 Å². The van der Waals surface area contributed by atoms with Crippen LogP contribution in [0.2, 0.25) is 0 Å². The smallest absolute Gasteiger partial charge is 0.233 e. The molecule has 0 amide bonds. The second-order valence-electron chi connectivity index (χ2n) is 8.46. The SMILES string of the molecule is O=C(C(=O)c1ccc(OCCOCCOCCOCCBr)cc1)c1ccc(OCCOCCOCCOCCBr)cc1. The average molecular weight is 720 g/mol. The molecule has 0 heterocycles. The van der Waals surface area contributed by atoms with Gasteiger partial charge in [-0.2, -0.15) is 0 Å². The number of alkyl halides is 2. The molecule has 234 valence electrons. The van der Waals surface area contributed by atoms with E-state index in [1.807, 2.05) is 0 Å². The Morgan fingerprint density at radius 2 is 0.667 bits per heavy atom. The van der Waals surface area contributed by atoms with Crippen molar-refractivity contribution in [1.82, 2.24) is 0 Å². The largest absolute Gasteiger partial charge is 0.491 e. The number of carbonyl (C=O) groups is 2. The zero-order valence-electron chi connectivity index (χ0n) is 23.8. The number of carbonyl (C=O) groups excluding carboxylic acids is 2. The molecule has 0 aliphatic heterocycles. The molecule has 0 saturated heterocycles. The van der Waals surface area contributed by atoms with Crippen LogP contribution in [0.3, 0.4) is 0 Å². The van der Waals surface area contributed by atoms with Gasteiger partial charge < -0.3 is 37.9 Å². The number of Topliss-reactive ketones (excluding diaryl/α,β-unsaturated/α-hetero) is 2. The van der Waals surface area contributed by atoms with E-state index in [9.17, 15) is 9.59 Å². The quantitative estimate of drug-likeness (QED) is 0.0571. The molecular weight excluding hydrogens is 680 g/mol. The number of rotatable bonds is 27. The van der Waals surface area contributed by atoms with E-state index in [4.69, 9.17) is 37.9 Å². The highest BCUT2D eigenvalue weighted by atomic mass is 79.9. The zero-order valence-corrected chi connectivity index (χ0v) is 26.9. The molecule has 10 nitrogen and oxygen atoms in total. The number of ketones is 2. The van der Waals surface area contributed by atoms with E-state index in [0.717, 1.165) is 10.7 Å². The second-order valence-corrected chi connectivity index (χ2v) is 10.0. The Bertz CT molecular complexity index is 894. The topological polar surface area (TPSA) is 108 Å². The van der Waals surface area contributed by atoms with Crippen LogP contribution in [0.15, 0.2) is 48.5 Å². The van der Waals surface area contributed by atoms with E-state index < -0.39 is 11.6 Å². The molecule has 2 aromatic rings. The Labute approximate surface area is 264 Å². The summed E-state index contributed by atoms with van der Waals surface area (Å²) in [6.45, 7) is 6.91. The second kappa shape index (κ2) is 24.5. The first-order valence-electron chi connectivity index (χ1n) is 13.8. The van der Waals surface area contributed by atoms with Crippen LogP contribution in [0.5, 0.6) is 11.5 Å². The maximum Gasteiger partial charge on any atom is 0.233 e. The summed E-state index contributed by atoms with van der Waals surface area (Å²) in [5.41, 5.74) is 0.572. The van der Waals surface area contributed by atoms with Gasteiger partial charge in [0, 0.05) is 21.8 Å². The summed E-state index contributed by atoms with van der Waals surface area (Å²) >= 11 is 6.58. The van der Waals surface area contributed by atoms with E-state index in [1.54, 1.807) is 48.5 Å². The third-order valence-electron chi connectivity index (χ3n) is 5.36. The standard InChI is InChI=1S/C30H40Br2O10/c31-9-11-35-13-15-37-17-19-39-21-23-41-27-5-1-25(2-6-27)29(33)30(34)26-3-7-28(8-4-26)42-24-22-40-20-18-38-16-14-36-12-10-32/h1-8H,9-24H2. The van der Waals surface area contributed by atoms with Crippen LogP contribution >= 0.6 is 31.9 Å². The monoisotopic (exact) mass is 718 g/mol. The van der Waals surface area contributed by atoms with Crippen LogP contribution in [0.1, 0.15) is 20.7 Å². The van der Waals surface area contributed by atoms with Crippen LogP contribution in [-0.4, -0.2) is 115 Å². The van der Waals surface area contributed by atoms with Crippen molar-refractivity contribution in [2.24, 2.45) is 0 Å². The first kappa shape index (κ1) is 36.3. The van der Waals surface area contributed by atoms with Crippen molar-refractivity contribution in [2.45, 2.75) is 0 Å². The van der Waals surface area contributed by atoms with Crippen molar-refractivity contribution in [1.29, 1.82) is 0 Å². The van der Waals surface area contributed by atoms with Gasteiger partial charge in [-0.25, -0.2) is 0 Å². The summed E-state index contributed by atoms with van der Waals surface area (Å²) in [5, 5.41) is 1.62. The lowest BCUT2D eigenvalue weighted by Gasteiger charge is -2.09. The van der Waals surface area contributed by atoms with E-state index in [-0.39, 0.29) is 11.1 Å². The van der Waals surface area contributed by atoms with E-state index in [2.05, 4.69) is 31.9 Å². The van der Waals surface area contributed by atoms with Crippen molar-refractivity contribution < 1.29 is 47.5 Å². The van der Waals surface area contributed by atoms with Gasteiger partial charge in [0.2, 0.25) is 11.6 Å². The van der Waals surface area contributed by atoms with Gasteiger partial charge in [-0.05, 0) is 48.5 Å². The van der Waals surface area contributed by atoms with E-state index in [0.29, 0.717) is 104 Å². The fourth-order valence-corrected chi connectivity index (χ4v) is 3.75. The molecule has 0 radical (unpaired) electrons. The Balaban J connectivity index is 1.58. The minimum absolute atomic E-state index is 0.286. The molecule has 2 rings (SSSR count). The van der Waals surface area contributed by atoms with Gasteiger partial charge in [-0.15, -0.1) is 0 Å². The van der Waals surface area contributed by atoms with Gasteiger partial charge in [-0.1, -0.05) is 31.9 Å². The number of hydrogen-bond acceptors (Lipinski definition) is 10. The average Bonchev–Trinajstić information content (AvgIpc) is 3.02. The van der Waals surface area contributed by atoms with E-state index >= 15 is 0 Å².